The van der Waals surface area contributed by atoms with Gasteiger partial charge in [-0.2, -0.15) is 0 Å². The number of allylic oxidation sites excluding steroid dienone is 6. The topological polar surface area (TPSA) is 43.2 Å². The van der Waals surface area contributed by atoms with Crippen LogP contribution in [0.5, 0.6) is 11.5 Å². The Morgan fingerprint density at radius 1 is 1.18 bits per heavy atom. The van der Waals surface area contributed by atoms with Crippen LogP contribution in [-0.2, 0) is 0 Å². The Morgan fingerprint density at radius 3 is 2.61 bits per heavy atom. The van der Waals surface area contributed by atoms with Crippen LogP contribution in [0.4, 0.5) is 0 Å². The molecular formula is C24H26N2O2. The molecule has 4 nitrogen and oxygen atoms in total. The average Bonchev–Trinajstić information content (AvgIpc) is 2.91. The molecule has 1 atom stereocenters. The minimum Gasteiger partial charge on any atom is -0.497 e. The van der Waals surface area contributed by atoms with Gasteiger partial charge in [0.2, 0.25) is 5.90 Å². The van der Waals surface area contributed by atoms with Gasteiger partial charge in [-0.15, -0.1) is 0 Å². The number of ether oxygens (including phenoxy) is 2. The lowest BCUT2D eigenvalue weighted by Crippen LogP contribution is -2.15. The van der Waals surface area contributed by atoms with Crippen molar-refractivity contribution in [2.24, 2.45) is 9.98 Å². The second-order valence-corrected chi connectivity index (χ2v) is 5.99. The molecule has 1 aromatic carbocycles. The van der Waals surface area contributed by atoms with Crippen LogP contribution in [0.25, 0.3) is 0 Å². The Kier molecular flexibility index (Phi) is 8.47. The van der Waals surface area contributed by atoms with Gasteiger partial charge >= 0.3 is 0 Å². The molecule has 4 heteroatoms. The number of nitrogens with zero attached hydrogens (tertiary/aromatic N) is 2. The van der Waals surface area contributed by atoms with Gasteiger partial charge in [-0.1, -0.05) is 49.6 Å². The molecule has 28 heavy (non-hydrogen) atoms. The fourth-order valence-electron chi connectivity index (χ4n) is 2.47. The normalized spacial score (nSPS) is 18.9. The highest BCUT2D eigenvalue weighted by molar-refractivity contribution is 5.96. The predicted octanol–water partition coefficient (Wildman–Crippen LogP) is 5.63. The molecule has 0 fully saturated rings. The van der Waals surface area contributed by atoms with Crippen molar-refractivity contribution in [3.8, 4) is 11.5 Å². The average molecular weight is 374 g/mol. The minimum atomic E-state index is -0.126. The Morgan fingerprint density at radius 2 is 1.93 bits per heavy atom. The third-order valence-electron chi connectivity index (χ3n) is 4.00. The first kappa shape index (κ1) is 20.9. The summed E-state index contributed by atoms with van der Waals surface area (Å²) in [7, 11) is 1.64. The van der Waals surface area contributed by atoms with Crippen molar-refractivity contribution in [3.05, 3.63) is 97.3 Å². The lowest BCUT2D eigenvalue weighted by molar-refractivity contribution is 0.414. The van der Waals surface area contributed by atoms with Crippen LogP contribution in [0.1, 0.15) is 13.3 Å². The van der Waals surface area contributed by atoms with Crippen molar-refractivity contribution in [3.63, 3.8) is 0 Å². The summed E-state index contributed by atoms with van der Waals surface area (Å²) in [4.78, 5) is 8.86. The van der Waals surface area contributed by atoms with Gasteiger partial charge in [-0.25, -0.2) is 4.99 Å². The molecule has 2 rings (SSSR count). The van der Waals surface area contributed by atoms with Crippen molar-refractivity contribution in [2.45, 2.75) is 19.4 Å². The molecule has 1 heterocycles. The van der Waals surface area contributed by atoms with Crippen molar-refractivity contribution < 1.29 is 9.47 Å². The van der Waals surface area contributed by atoms with Gasteiger partial charge in [-0.3, -0.25) is 4.99 Å². The van der Waals surface area contributed by atoms with Gasteiger partial charge in [0, 0.05) is 18.0 Å². The summed E-state index contributed by atoms with van der Waals surface area (Å²) in [6, 6.07) is 7.33. The van der Waals surface area contributed by atoms with E-state index in [0.717, 1.165) is 23.3 Å². The maximum atomic E-state index is 6.13. The fourth-order valence-corrected chi connectivity index (χ4v) is 2.47. The summed E-state index contributed by atoms with van der Waals surface area (Å²) in [5, 5.41) is 0. The van der Waals surface area contributed by atoms with Gasteiger partial charge in [0.1, 0.15) is 11.5 Å². The molecule has 0 N–H and O–H groups in total. The van der Waals surface area contributed by atoms with Crippen LogP contribution < -0.4 is 9.47 Å². The van der Waals surface area contributed by atoms with E-state index < -0.39 is 0 Å². The minimum absolute atomic E-state index is 0.126. The zero-order chi connectivity index (χ0) is 20.2. The maximum Gasteiger partial charge on any atom is 0.219 e. The third kappa shape index (κ3) is 6.40. The van der Waals surface area contributed by atoms with E-state index in [9.17, 15) is 0 Å². The smallest absolute Gasteiger partial charge is 0.219 e. The molecule has 144 valence electrons. The predicted molar refractivity (Wildman–Crippen MR) is 118 cm³/mol. The molecule has 1 unspecified atom stereocenters. The second kappa shape index (κ2) is 11.3. The summed E-state index contributed by atoms with van der Waals surface area (Å²) in [5.41, 5.74) is 2.04. The second-order valence-electron chi connectivity index (χ2n) is 5.99. The van der Waals surface area contributed by atoms with Crippen LogP contribution in [0.15, 0.2) is 107 Å². The zero-order valence-electron chi connectivity index (χ0n) is 16.4. The molecule has 1 aliphatic heterocycles. The summed E-state index contributed by atoms with van der Waals surface area (Å²) in [6.45, 7) is 9.31. The van der Waals surface area contributed by atoms with Gasteiger partial charge < -0.3 is 9.47 Å². The number of hydrogen-bond acceptors (Lipinski definition) is 4. The van der Waals surface area contributed by atoms with E-state index in [0.29, 0.717) is 11.6 Å². The van der Waals surface area contributed by atoms with Crippen LogP contribution in [0, 0.1) is 0 Å². The van der Waals surface area contributed by atoms with Gasteiger partial charge in [0.15, 0.2) is 0 Å². The Labute approximate surface area is 167 Å². The summed E-state index contributed by atoms with van der Waals surface area (Å²) in [6.07, 6.45) is 17.6. The summed E-state index contributed by atoms with van der Waals surface area (Å²) >= 11 is 0. The van der Waals surface area contributed by atoms with E-state index in [-0.39, 0.29) is 6.04 Å². The fraction of sp³-hybridized carbons (Fsp3) is 0.167. The quantitative estimate of drug-likeness (QED) is 0.353. The Hall–Kier alpha value is -3.40. The largest absolute Gasteiger partial charge is 0.497 e. The van der Waals surface area contributed by atoms with E-state index in [2.05, 4.69) is 30.3 Å². The van der Waals surface area contributed by atoms with Crippen molar-refractivity contribution >= 4 is 12.1 Å². The van der Waals surface area contributed by atoms with Gasteiger partial charge in [0.25, 0.3) is 0 Å². The Bertz CT molecular complexity index is 853. The van der Waals surface area contributed by atoms with Crippen LogP contribution in [0.3, 0.4) is 0 Å². The van der Waals surface area contributed by atoms with E-state index in [4.69, 9.17) is 14.5 Å². The molecule has 0 spiro atoms. The van der Waals surface area contributed by atoms with E-state index >= 15 is 0 Å². The lowest BCUT2D eigenvalue weighted by atomic mass is 10.1. The summed E-state index contributed by atoms with van der Waals surface area (Å²) in [5.74, 6) is 2.07. The molecule has 0 radical (unpaired) electrons. The molecular weight excluding hydrogens is 348 g/mol. The number of hydrogen-bond donors (Lipinski definition) is 0. The molecule has 0 saturated heterocycles. The van der Waals surface area contributed by atoms with Crippen LogP contribution in [0.2, 0.25) is 0 Å². The Balaban J connectivity index is 2.37. The molecule has 1 aromatic rings. The number of rotatable bonds is 7. The van der Waals surface area contributed by atoms with Crippen LogP contribution in [-0.4, -0.2) is 25.3 Å². The third-order valence-corrected chi connectivity index (χ3v) is 4.00. The number of methoxy groups -OCH3 is 1. The van der Waals surface area contributed by atoms with Crippen molar-refractivity contribution in [2.75, 3.05) is 7.11 Å². The van der Waals surface area contributed by atoms with Gasteiger partial charge in [0.05, 0.1) is 13.2 Å². The zero-order valence-corrected chi connectivity index (χ0v) is 16.4. The standard InChI is InChI=1S/C24H26N2O2/c1-5-7-8-10-20-11-9-12-23(19(3)17-18-25-6-2)26-24(20)28-22-15-13-21(27-4)14-16-22/h5-10,12-18,23H,1-2,11H2,3-4H3/b8-7-,19-17+,20-10+,25-18?. The molecule has 0 saturated carbocycles. The monoisotopic (exact) mass is 374 g/mol. The highest BCUT2D eigenvalue weighted by atomic mass is 16.5. The van der Waals surface area contributed by atoms with E-state index in [1.54, 1.807) is 19.4 Å². The number of aliphatic imine (C=N–C) groups is 2. The first-order chi connectivity index (χ1) is 13.7. The summed E-state index contributed by atoms with van der Waals surface area (Å²) < 4.78 is 11.3. The van der Waals surface area contributed by atoms with Crippen LogP contribution >= 0.6 is 0 Å². The first-order valence-electron chi connectivity index (χ1n) is 9.03. The first-order valence-corrected chi connectivity index (χ1v) is 9.03. The highest BCUT2D eigenvalue weighted by Crippen LogP contribution is 2.22. The maximum absolute atomic E-state index is 6.13. The van der Waals surface area contributed by atoms with E-state index in [1.807, 2.05) is 55.5 Å². The highest BCUT2D eigenvalue weighted by Gasteiger charge is 2.16. The van der Waals surface area contributed by atoms with Crippen molar-refractivity contribution in [1.82, 2.24) is 0 Å². The number of benzene rings is 1. The van der Waals surface area contributed by atoms with Crippen molar-refractivity contribution in [1.29, 1.82) is 0 Å². The SMILES string of the molecule is C=C/C=C\C=C1/CC=CC(/C(C)=C/C=NC=C)N=C1Oc1ccc(OC)cc1. The van der Waals surface area contributed by atoms with Gasteiger partial charge in [-0.05, 0) is 49.3 Å². The molecule has 0 aromatic heterocycles. The molecule has 0 amide bonds. The lowest BCUT2D eigenvalue weighted by Gasteiger charge is -2.13. The molecule has 0 bridgehead atoms. The molecule has 0 aliphatic carbocycles. The molecule has 1 aliphatic rings. The van der Waals surface area contributed by atoms with E-state index in [1.165, 1.54) is 6.20 Å².